The van der Waals surface area contributed by atoms with Crippen LogP contribution in [-0.4, -0.2) is 79.5 Å². The molecule has 2 amide bonds. The molecule has 0 radical (unpaired) electrons. The molecule has 10 heteroatoms. The zero-order chi connectivity index (χ0) is 25.2. The Hall–Kier alpha value is -4.05. The van der Waals surface area contributed by atoms with Gasteiger partial charge in [-0.2, -0.15) is 5.10 Å². The molecule has 5 rings (SSSR count). The van der Waals surface area contributed by atoms with E-state index in [0.29, 0.717) is 43.4 Å². The van der Waals surface area contributed by atoms with E-state index in [9.17, 15) is 9.59 Å². The summed E-state index contributed by atoms with van der Waals surface area (Å²) in [6, 6.07) is 6.14. The maximum atomic E-state index is 13.0. The summed E-state index contributed by atoms with van der Waals surface area (Å²) in [5.41, 5.74) is 6.41. The van der Waals surface area contributed by atoms with E-state index in [1.54, 1.807) is 22.9 Å². The quantitative estimate of drug-likeness (QED) is 0.385. The van der Waals surface area contributed by atoms with Crippen molar-refractivity contribution >= 4 is 22.7 Å². The average molecular weight is 487 g/mol. The molecule has 0 unspecified atom stereocenters. The predicted molar refractivity (Wildman–Crippen MR) is 137 cm³/mol. The molecular weight excluding hydrogens is 456 g/mol. The van der Waals surface area contributed by atoms with Crippen molar-refractivity contribution in [2.45, 2.75) is 27.3 Å². The molecule has 1 aliphatic heterocycles. The summed E-state index contributed by atoms with van der Waals surface area (Å²) >= 11 is 0. The van der Waals surface area contributed by atoms with Crippen molar-refractivity contribution in [3.8, 4) is 22.6 Å². The second kappa shape index (κ2) is 9.90. The van der Waals surface area contributed by atoms with Gasteiger partial charge < -0.3 is 20.1 Å². The van der Waals surface area contributed by atoms with Crippen molar-refractivity contribution in [3.63, 3.8) is 0 Å². The number of imidazole rings is 1. The number of carbonyl (C=O) groups excluding carboxylic acids is 2. The van der Waals surface area contributed by atoms with Gasteiger partial charge in [0.1, 0.15) is 11.4 Å². The van der Waals surface area contributed by atoms with Crippen molar-refractivity contribution in [2.75, 3.05) is 32.7 Å². The summed E-state index contributed by atoms with van der Waals surface area (Å²) in [5, 5.41) is 11.8. The number of hydrogen-bond donors (Lipinski definition) is 3. The van der Waals surface area contributed by atoms with Gasteiger partial charge in [0.2, 0.25) is 5.91 Å². The fourth-order valence-corrected chi connectivity index (χ4v) is 4.60. The number of H-pyrrole nitrogens is 2. The largest absolute Gasteiger partial charge is 0.339 e. The molecular formula is C26H30N8O2. The summed E-state index contributed by atoms with van der Waals surface area (Å²) < 4.78 is 0. The van der Waals surface area contributed by atoms with E-state index in [1.807, 2.05) is 18.5 Å². The number of aromatic amines is 2. The van der Waals surface area contributed by atoms with Crippen molar-refractivity contribution in [1.29, 1.82) is 0 Å². The fourth-order valence-electron chi connectivity index (χ4n) is 4.60. The van der Waals surface area contributed by atoms with Gasteiger partial charge in [-0.15, -0.1) is 0 Å². The van der Waals surface area contributed by atoms with E-state index in [0.717, 1.165) is 35.1 Å². The standard InChI is InChI=1S/C26H30N8O2/c1-4-27-12-19-13-28-14-21(16(19)2)18-5-6-22-20(11-18)24(32-31-22)25-29-15-23(30-25)26(36)34-9-7-33(8-10-34)17(3)35/h5-6,11,13-15,27H,4,7-10,12H2,1-3H3,(H,29,30)(H,31,32). The molecule has 1 saturated heterocycles. The highest BCUT2D eigenvalue weighted by molar-refractivity contribution is 5.96. The van der Waals surface area contributed by atoms with E-state index in [1.165, 1.54) is 11.1 Å². The first-order chi connectivity index (χ1) is 17.5. The number of fused-ring (bicyclic) bond motifs is 1. The normalized spacial score (nSPS) is 14.0. The van der Waals surface area contributed by atoms with Gasteiger partial charge in [-0.25, -0.2) is 4.98 Å². The number of rotatable bonds is 6. The molecule has 1 aromatic carbocycles. The molecule has 3 aromatic heterocycles. The van der Waals surface area contributed by atoms with Gasteiger partial charge in [-0.05, 0) is 42.3 Å². The molecule has 4 aromatic rings. The summed E-state index contributed by atoms with van der Waals surface area (Å²) in [7, 11) is 0. The third-order valence-electron chi connectivity index (χ3n) is 6.80. The van der Waals surface area contributed by atoms with Gasteiger partial charge in [0, 0.05) is 63.0 Å². The van der Waals surface area contributed by atoms with Crippen LogP contribution >= 0.6 is 0 Å². The second-order valence-electron chi connectivity index (χ2n) is 9.03. The van der Waals surface area contributed by atoms with E-state index in [4.69, 9.17) is 0 Å². The lowest BCUT2D eigenvalue weighted by molar-refractivity contribution is -0.130. The zero-order valence-electron chi connectivity index (χ0n) is 20.8. The van der Waals surface area contributed by atoms with Crippen molar-refractivity contribution in [3.05, 3.63) is 53.6 Å². The van der Waals surface area contributed by atoms with Crippen molar-refractivity contribution < 1.29 is 9.59 Å². The maximum absolute atomic E-state index is 13.0. The fraction of sp³-hybridized carbons (Fsp3) is 0.346. The highest BCUT2D eigenvalue weighted by Gasteiger charge is 2.25. The van der Waals surface area contributed by atoms with Crippen LogP contribution in [-0.2, 0) is 11.3 Å². The molecule has 36 heavy (non-hydrogen) atoms. The molecule has 3 N–H and O–H groups in total. The molecule has 1 aliphatic rings. The zero-order valence-corrected chi connectivity index (χ0v) is 20.8. The lowest BCUT2D eigenvalue weighted by Gasteiger charge is -2.33. The minimum absolute atomic E-state index is 0.0334. The molecule has 0 atom stereocenters. The van der Waals surface area contributed by atoms with E-state index < -0.39 is 0 Å². The lowest BCUT2D eigenvalue weighted by Crippen LogP contribution is -2.50. The van der Waals surface area contributed by atoms with Crippen molar-refractivity contribution in [2.24, 2.45) is 0 Å². The number of piperazine rings is 1. The smallest absolute Gasteiger partial charge is 0.272 e. The summed E-state index contributed by atoms with van der Waals surface area (Å²) in [6.07, 6.45) is 5.35. The van der Waals surface area contributed by atoms with Crippen LogP contribution in [0.5, 0.6) is 0 Å². The van der Waals surface area contributed by atoms with E-state index in [2.05, 4.69) is 56.4 Å². The number of aromatic nitrogens is 5. The van der Waals surface area contributed by atoms with E-state index >= 15 is 0 Å². The Morgan fingerprint density at radius 1 is 1.08 bits per heavy atom. The summed E-state index contributed by atoms with van der Waals surface area (Å²) in [5.74, 6) is 0.433. The van der Waals surface area contributed by atoms with Crippen molar-refractivity contribution in [1.82, 2.24) is 40.3 Å². The van der Waals surface area contributed by atoms with Crippen LogP contribution in [0.15, 0.2) is 36.8 Å². The Labute approximate surface area is 209 Å². The van der Waals surface area contributed by atoms with Gasteiger partial charge >= 0.3 is 0 Å². The third kappa shape index (κ3) is 4.47. The number of pyridine rings is 1. The van der Waals surface area contributed by atoms with Gasteiger partial charge in [-0.1, -0.05) is 13.0 Å². The highest BCUT2D eigenvalue weighted by Crippen LogP contribution is 2.31. The van der Waals surface area contributed by atoms with Crippen LogP contribution in [0.25, 0.3) is 33.5 Å². The number of nitrogens with zero attached hydrogens (tertiary/aromatic N) is 5. The number of amides is 2. The summed E-state index contributed by atoms with van der Waals surface area (Å²) in [4.78, 5) is 40.2. The Morgan fingerprint density at radius 2 is 1.86 bits per heavy atom. The SMILES string of the molecule is CCNCc1cncc(-c2ccc3[nH]nc(-c4ncc(C(=O)N5CCN(C(C)=O)CC5)[nH]4)c3c2)c1C. The van der Waals surface area contributed by atoms with Crippen LogP contribution in [0.2, 0.25) is 0 Å². The second-order valence-corrected chi connectivity index (χ2v) is 9.03. The number of benzene rings is 1. The third-order valence-corrected chi connectivity index (χ3v) is 6.80. The van der Waals surface area contributed by atoms with Gasteiger partial charge in [0.05, 0.1) is 11.7 Å². The van der Waals surface area contributed by atoms with Crippen LogP contribution in [0.3, 0.4) is 0 Å². The maximum Gasteiger partial charge on any atom is 0.272 e. The van der Waals surface area contributed by atoms with Crippen LogP contribution in [0.1, 0.15) is 35.5 Å². The van der Waals surface area contributed by atoms with Gasteiger partial charge in [-0.3, -0.25) is 19.7 Å². The summed E-state index contributed by atoms with van der Waals surface area (Å²) in [6.45, 7) is 9.51. The molecule has 186 valence electrons. The van der Waals surface area contributed by atoms with Crippen LogP contribution < -0.4 is 5.32 Å². The van der Waals surface area contributed by atoms with Crippen LogP contribution in [0, 0.1) is 6.92 Å². The minimum atomic E-state index is -0.128. The molecule has 4 heterocycles. The Bertz CT molecular complexity index is 1410. The lowest BCUT2D eigenvalue weighted by atomic mass is 9.98. The number of nitrogens with one attached hydrogen (secondary N) is 3. The molecule has 0 bridgehead atoms. The monoisotopic (exact) mass is 486 g/mol. The molecule has 0 spiro atoms. The van der Waals surface area contributed by atoms with Gasteiger partial charge in [0.15, 0.2) is 5.82 Å². The Morgan fingerprint density at radius 3 is 2.61 bits per heavy atom. The highest BCUT2D eigenvalue weighted by atomic mass is 16.2. The Balaban J connectivity index is 1.41. The van der Waals surface area contributed by atoms with Gasteiger partial charge in [0.25, 0.3) is 5.91 Å². The Kier molecular flexibility index (Phi) is 6.51. The first-order valence-electron chi connectivity index (χ1n) is 12.2. The molecule has 0 aliphatic carbocycles. The molecule has 1 fully saturated rings. The number of hydrogen-bond acceptors (Lipinski definition) is 6. The number of carbonyl (C=O) groups is 2. The molecule has 0 saturated carbocycles. The first kappa shape index (κ1) is 23.7. The minimum Gasteiger partial charge on any atom is -0.339 e. The first-order valence-corrected chi connectivity index (χ1v) is 12.2. The topological polar surface area (TPSA) is 123 Å². The van der Waals surface area contributed by atoms with E-state index in [-0.39, 0.29) is 11.8 Å². The van der Waals surface area contributed by atoms with Crippen LogP contribution in [0.4, 0.5) is 0 Å². The molecule has 10 nitrogen and oxygen atoms in total. The average Bonchev–Trinajstić information content (AvgIpc) is 3.54. The predicted octanol–water partition coefficient (Wildman–Crippen LogP) is 2.74.